The molecule has 28 heavy (non-hydrogen) atoms. The van der Waals surface area contributed by atoms with Crippen LogP contribution in [-0.4, -0.2) is 54.1 Å². The van der Waals surface area contributed by atoms with Crippen LogP contribution >= 0.6 is 0 Å². The van der Waals surface area contributed by atoms with E-state index in [1.165, 1.54) is 5.56 Å². The van der Waals surface area contributed by atoms with Crippen molar-refractivity contribution in [3.63, 3.8) is 0 Å². The first-order chi connectivity index (χ1) is 13.6. The van der Waals surface area contributed by atoms with Crippen LogP contribution in [0.4, 0.5) is 0 Å². The van der Waals surface area contributed by atoms with Crippen molar-refractivity contribution in [2.24, 2.45) is 12.0 Å². The molecule has 0 aliphatic heterocycles. The lowest BCUT2D eigenvalue weighted by atomic mass is 10.1. The molecular weight excluding hydrogens is 356 g/mol. The van der Waals surface area contributed by atoms with Gasteiger partial charge in [0.25, 0.3) is 0 Å². The number of hydrogen-bond donors (Lipinski definition) is 2. The molecule has 2 rings (SSSR count). The fraction of sp³-hybridized carbons (Fsp3) is 0.550. The van der Waals surface area contributed by atoms with Crippen LogP contribution in [0.15, 0.2) is 35.3 Å². The van der Waals surface area contributed by atoms with Crippen molar-refractivity contribution in [1.29, 1.82) is 0 Å². The molecule has 2 aromatic rings. The first-order valence-corrected chi connectivity index (χ1v) is 9.64. The van der Waals surface area contributed by atoms with E-state index in [2.05, 4.69) is 44.9 Å². The Morgan fingerprint density at radius 2 is 1.89 bits per heavy atom. The predicted octanol–water partition coefficient (Wildman–Crippen LogP) is 1.97. The molecule has 0 spiro atoms. The highest BCUT2D eigenvalue weighted by Gasteiger charge is 2.06. The molecule has 0 amide bonds. The molecule has 1 unspecified atom stereocenters. The molecule has 154 valence electrons. The van der Waals surface area contributed by atoms with Gasteiger partial charge in [-0.25, -0.2) is 4.99 Å². The molecule has 8 nitrogen and oxygen atoms in total. The number of nitrogens with zero attached hydrogens (tertiary/aromatic N) is 4. The van der Waals surface area contributed by atoms with Gasteiger partial charge in [0.2, 0.25) is 0 Å². The molecule has 1 heterocycles. The summed E-state index contributed by atoms with van der Waals surface area (Å²) in [6.07, 6.45) is 0.971. The second-order valence-corrected chi connectivity index (χ2v) is 6.51. The Labute approximate surface area is 167 Å². The van der Waals surface area contributed by atoms with Crippen molar-refractivity contribution < 1.29 is 9.47 Å². The fourth-order valence-electron chi connectivity index (χ4n) is 2.54. The second kappa shape index (κ2) is 12.1. The maximum atomic E-state index is 5.91. The van der Waals surface area contributed by atoms with Gasteiger partial charge < -0.3 is 24.7 Å². The van der Waals surface area contributed by atoms with Gasteiger partial charge in [0.05, 0.1) is 12.7 Å². The number of methoxy groups -OCH3 is 1. The fourth-order valence-corrected chi connectivity index (χ4v) is 2.54. The Bertz CT molecular complexity index is 717. The minimum atomic E-state index is 0.0910. The monoisotopic (exact) mass is 388 g/mol. The van der Waals surface area contributed by atoms with E-state index in [0.717, 1.165) is 30.6 Å². The zero-order chi connectivity index (χ0) is 20.2. The van der Waals surface area contributed by atoms with Crippen LogP contribution in [0.3, 0.4) is 0 Å². The van der Waals surface area contributed by atoms with Gasteiger partial charge in [0.15, 0.2) is 11.8 Å². The van der Waals surface area contributed by atoms with Crippen LogP contribution in [0.1, 0.15) is 36.7 Å². The highest BCUT2D eigenvalue weighted by Crippen LogP contribution is 2.15. The number of rotatable bonds is 11. The summed E-state index contributed by atoms with van der Waals surface area (Å²) in [6.45, 7) is 7.19. The van der Waals surface area contributed by atoms with E-state index >= 15 is 0 Å². The Hall–Kier alpha value is -2.45. The molecule has 0 fully saturated rings. The van der Waals surface area contributed by atoms with E-state index in [1.807, 2.05) is 36.7 Å². The SMILES string of the molecule is COCCNC(=NCc1nnc(C)n1C)NCCCOC(C)c1ccccc1. The van der Waals surface area contributed by atoms with Gasteiger partial charge in [0.1, 0.15) is 12.4 Å². The molecular formula is C20H32N6O2. The zero-order valence-electron chi connectivity index (χ0n) is 17.3. The Morgan fingerprint density at radius 1 is 1.14 bits per heavy atom. The van der Waals surface area contributed by atoms with Gasteiger partial charge in [-0.1, -0.05) is 30.3 Å². The van der Waals surface area contributed by atoms with Crippen molar-refractivity contribution in [2.75, 3.05) is 33.4 Å². The third-order valence-electron chi connectivity index (χ3n) is 4.41. The van der Waals surface area contributed by atoms with Crippen LogP contribution in [0.2, 0.25) is 0 Å². The lowest BCUT2D eigenvalue weighted by Gasteiger charge is -2.15. The number of guanidine groups is 1. The lowest BCUT2D eigenvalue weighted by Crippen LogP contribution is -2.39. The van der Waals surface area contributed by atoms with E-state index < -0.39 is 0 Å². The molecule has 0 bridgehead atoms. The van der Waals surface area contributed by atoms with Crippen LogP contribution in [0, 0.1) is 6.92 Å². The minimum Gasteiger partial charge on any atom is -0.383 e. The molecule has 1 atom stereocenters. The summed E-state index contributed by atoms with van der Waals surface area (Å²) in [7, 11) is 3.62. The number of aliphatic imine (C=N–C) groups is 1. The Kier molecular flexibility index (Phi) is 9.44. The van der Waals surface area contributed by atoms with Crippen LogP contribution in [0.25, 0.3) is 0 Å². The zero-order valence-corrected chi connectivity index (χ0v) is 17.3. The third kappa shape index (κ3) is 7.28. The molecule has 0 saturated heterocycles. The summed E-state index contributed by atoms with van der Waals surface area (Å²) in [6, 6.07) is 10.2. The van der Waals surface area contributed by atoms with Crippen LogP contribution in [-0.2, 0) is 23.1 Å². The van der Waals surface area contributed by atoms with Gasteiger partial charge in [0, 0.05) is 33.9 Å². The van der Waals surface area contributed by atoms with Gasteiger partial charge in [-0.3, -0.25) is 0 Å². The molecule has 0 radical (unpaired) electrons. The topological polar surface area (TPSA) is 85.6 Å². The highest BCUT2D eigenvalue weighted by atomic mass is 16.5. The van der Waals surface area contributed by atoms with Gasteiger partial charge in [-0.2, -0.15) is 0 Å². The summed E-state index contributed by atoms with van der Waals surface area (Å²) >= 11 is 0. The van der Waals surface area contributed by atoms with Crippen LogP contribution < -0.4 is 10.6 Å². The summed E-state index contributed by atoms with van der Waals surface area (Å²) in [5, 5.41) is 14.8. The first-order valence-electron chi connectivity index (χ1n) is 9.64. The van der Waals surface area contributed by atoms with Crippen molar-refractivity contribution in [3.8, 4) is 0 Å². The summed E-state index contributed by atoms with van der Waals surface area (Å²) in [5.74, 6) is 2.43. The normalized spacial score (nSPS) is 12.8. The second-order valence-electron chi connectivity index (χ2n) is 6.51. The lowest BCUT2D eigenvalue weighted by molar-refractivity contribution is 0.0646. The van der Waals surface area contributed by atoms with E-state index in [0.29, 0.717) is 26.3 Å². The maximum Gasteiger partial charge on any atom is 0.191 e. The highest BCUT2D eigenvalue weighted by molar-refractivity contribution is 5.79. The van der Waals surface area contributed by atoms with Crippen molar-refractivity contribution in [3.05, 3.63) is 47.5 Å². The molecule has 2 N–H and O–H groups in total. The molecule has 1 aromatic heterocycles. The third-order valence-corrected chi connectivity index (χ3v) is 4.41. The number of hydrogen-bond acceptors (Lipinski definition) is 5. The van der Waals surface area contributed by atoms with Gasteiger partial charge in [-0.05, 0) is 25.8 Å². The van der Waals surface area contributed by atoms with E-state index in [1.54, 1.807) is 7.11 Å². The van der Waals surface area contributed by atoms with E-state index in [9.17, 15) is 0 Å². The van der Waals surface area contributed by atoms with E-state index in [-0.39, 0.29) is 6.10 Å². The number of ether oxygens (including phenoxy) is 2. The molecule has 0 aliphatic carbocycles. The summed E-state index contributed by atoms with van der Waals surface area (Å²) < 4.78 is 13.0. The molecule has 0 saturated carbocycles. The van der Waals surface area contributed by atoms with Crippen molar-refractivity contribution in [2.45, 2.75) is 32.9 Å². The number of aromatic nitrogens is 3. The predicted molar refractivity (Wildman–Crippen MR) is 110 cm³/mol. The smallest absolute Gasteiger partial charge is 0.191 e. The standard InChI is InChI=1S/C20H32N6O2/c1-16(18-9-6-5-7-10-18)28-13-8-11-21-20(22-12-14-27-4)23-15-19-25-24-17(2)26(19)3/h5-7,9-10,16H,8,11-15H2,1-4H3,(H2,21,22,23). The maximum absolute atomic E-state index is 5.91. The number of nitrogens with one attached hydrogen (secondary N) is 2. The number of benzene rings is 1. The number of aryl methyl sites for hydroxylation is 1. The summed E-state index contributed by atoms with van der Waals surface area (Å²) in [4.78, 5) is 4.60. The molecule has 0 aliphatic rings. The minimum absolute atomic E-state index is 0.0910. The average molecular weight is 389 g/mol. The summed E-state index contributed by atoms with van der Waals surface area (Å²) in [5.41, 5.74) is 1.19. The van der Waals surface area contributed by atoms with E-state index in [4.69, 9.17) is 9.47 Å². The molecule has 8 heteroatoms. The largest absolute Gasteiger partial charge is 0.383 e. The van der Waals surface area contributed by atoms with Gasteiger partial charge >= 0.3 is 0 Å². The van der Waals surface area contributed by atoms with Crippen LogP contribution in [0.5, 0.6) is 0 Å². The van der Waals surface area contributed by atoms with Crippen molar-refractivity contribution >= 4 is 5.96 Å². The Balaban J connectivity index is 1.76. The van der Waals surface area contributed by atoms with Crippen molar-refractivity contribution in [1.82, 2.24) is 25.4 Å². The first kappa shape index (κ1) is 21.8. The average Bonchev–Trinajstić information content (AvgIpc) is 3.04. The molecule has 1 aromatic carbocycles. The van der Waals surface area contributed by atoms with Gasteiger partial charge in [-0.15, -0.1) is 10.2 Å². The Morgan fingerprint density at radius 3 is 2.57 bits per heavy atom. The quantitative estimate of drug-likeness (QED) is 0.348.